The van der Waals surface area contributed by atoms with E-state index in [9.17, 15) is 9.18 Å². The minimum absolute atomic E-state index is 0.0189. The van der Waals surface area contributed by atoms with Crippen molar-refractivity contribution >= 4 is 35.1 Å². The van der Waals surface area contributed by atoms with Gasteiger partial charge in [-0.1, -0.05) is 17.7 Å². The zero-order chi connectivity index (χ0) is 23.0. The van der Waals surface area contributed by atoms with E-state index in [2.05, 4.69) is 17.1 Å². The molecular weight excluding hydrogens is 449 g/mol. The average molecular weight is 480 g/mol. The van der Waals surface area contributed by atoms with Gasteiger partial charge in [-0.15, -0.1) is 11.8 Å². The number of hydrogen-bond acceptors (Lipinski definition) is 5. The molecule has 9 heteroatoms. The van der Waals surface area contributed by atoms with E-state index in [1.165, 1.54) is 12.1 Å². The normalized spacial score (nSPS) is 23.3. The molecule has 2 atom stereocenters. The lowest BCUT2D eigenvalue weighted by Crippen LogP contribution is -2.52. The summed E-state index contributed by atoms with van der Waals surface area (Å²) in [4.78, 5) is 17.4. The Balaban J connectivity index is 1.45. The Kier molecular flexibility index (Phi) is 6.75. The molecule has 3 aliphatic rings. The first-order chi connectivity index (χ1) is 15.2. The molecule has 0 bridgehead atoms. The van der Waals surface area contributed by atoms with E-state index in [1.807, 2.05) is 23.7 Å². The fourth-order valence-electron chi connectivity index (χ4n) is 4.55. The first-order valence-electron chi connectivity index (χ1n) is 11.1. The first-order valence-corrected chi connectivity index (χ1v) is 12.5. The second kappa shape index (κ2) is 9.23. The van der Waals surface area contributed by atoms with Crippen molar-refractivity contribution in [1.82, 2.24) is 15.1 Å². The van der Waals surface area contributed by atoms with Gasteiger partial charge in [0.15, 0.2) is 0 Å². The van der Waals surface area contributed by atoms with Gasteiger partial charge in [-0.25, -0.2) is 4.39 Å². The van der Waals surface area contributed by atoms with Crippen LogP contribution in [0.1, 0.15) is 37.7 Å². The van der Waals surface area contributed by atoms with E-state index in [4.69, 9.17) is 22.7 Å². The van der Waals surface area contributed by atoms with Crippen LogP contribution in [0.3, 0.4) is 0 Å². The lowest BCUT2D eigenvalue weighted by Gasteiger charge is -2.38. The summed E-state index contributed by atoms with van der Waals surface area (Å²) in [5, 5.41) is 12.3. The Morgan fingerprint density at radius 2 is 2.00 bits per heavy atom. The summed E-state index contributed by atoms with van der Waals surface area (Å²) < 4.78 is 14.1. The number of nitrogens with zero attached hydrogens (tertiary/aromatic N) is 2. The second-order valence-electron chi connectivity index (χ2n) is 9.05. The standard InChI is InChI=1S/C23H31ClFN5OS/c1-14-20(19(28-2)13-32-14)21(26)29-7-9-30(10-8-29)22(31)16(12-23(27)5-6-23)15-3-4-17(24)18(25)11-15/h3-4,11,14,16,26,28H,5-10,12-13,27H2,1-2H3/t14-,16?/m1/s1. The molecule has 0 aromatic heterocycles. The summed E-state index contributed by atoms with van der Waals surface area (Å²) in [7, 11) is 1.90. The molecular formula is C23H31ClFN5OS. The van der Waals surface area contributed by atoms with Gasteiger partial charge in [0.05, 0.1) is 10.9 Å². The van der Waals surface area contributed by atoms with Gasteiger partial charge >= 0.3 is 0 Å². The molecule has 32 heavy (non-hydrogen) atoms. The maximum absolute atomic E-state index is 14.1. The van der Waals surface area contributed by atoms with Crippen molar-refractivity contribution in [2.24, 2.45) is 5.73 Å². The van der Waals surface area contributed by atoms with Crippen molar-refractivity contribution in [3.63, 3.8) is 0 Å². The lowest BCUT2D eigenvalue weighted by atomic mass is 9.89. The Morgan fingerprint density at radius 3 is 2.59 bits per heavy atom. The van der Waals surface area contributed by atoms with E-state index >= 15 is 0 Å². The van der Waals surface area contributed by atoms with Gasteiger partial charge in [0.25, 0.3) is 0 Å². The average Bonchev–Trinajstić information content (AvgIpc) is 3.40. The number of nitrogens with one attached hydrogen (secondary N) is 2. The van der Waals surface area contributed by atoms with Crippen LogP contribution in [-0.2, 0) is 4.79 Å². The third-order valence-corrected chi connectivity index (χ3v) is 8.32. The molecule has 1 amide bonds. The molecule has 4 N–H and O–H groups in total. The van der Waals surface area contributed by atoms with Crippen molar-refractivity contribution in [3.05, 3.63) is 45.9 Å². The number of nitrogens with two attached hydrogens (primary N) is 1. The van der Waals surface area contributed by atoms with Crippen LogP contribution in [0.5, 0.6) is 0 Å². The molecule has 1 unspecified atom stereocenters. The molecule has 1 saturated carbocycles. The summed E-state index contributed by atoms with van der Waals surface area (Å²) in [5.74, 6) is 0.432. The number of amides is 1. The molecule has 6 nitrogen and oxygen atoms in total. The van der Waals surface area contributed by atoms with Gasteiger partial charge in [-0.2, -0.15) is 0 Å². The minimum Gasteiger partial charge on any atom is -0.390 e. The van der Waals surface area contributed by atoms with Crippen molar-refractivity contribution in [3.8, 4) is 0 Å². The molecule has 2 fully saturated rings. The Hall–Kier alpha value is -1.77. The smallest absolute Gasteiger partial charge is 0.230 e. The van der Waals surface area contributed by atoms with Crippen molar-refractivity contribution < 1.29 is 9.18 Å². The second-order valence-corrected chi connectivity index (χ2v) is 10.8. The maximum atomic E-state index is 14.1. The van der Waals surface area contributed by atoms with Gasteiger partial charge in [0.2, 0.25) is 5.91 Å². The SMILES string of the molecule is CNC1=C(C(=N)N2CCN(C(=O)C(CC3(N)CC3)c3ccc(Cl)c(F)c3)CC2)[C@@H](C)SC1. The van der Waals surface area contributed by atoms with Crippen molar-refractivity contribution in [2.75, 3.05) is 39.0 Å². The van der Waals surface area contributed by atoms with Gasteiger partial charge in [-0.05, 0) is 43.9 Å². The fraction of sp³-hybridized carbons (Fsp3) is 0.565. The van der Waals surface area contributed by atoms with Crippen LogP contribution in [0.15, 0.2) is 29.5 Å². The largest absolute Gasteiger partial charge is 0.390 e. The zero-order valence-corrected chi connectivity index (χ0v) is 20.2. The van der Waals surface area contributed by atoms with Gasteiger partial charge < -0.3 is 20.9 Å². The third kappa shape index (κ3) is 4.77. The third-order valence-electron chi connectivity index (χ3n) is 6.82. The molecule has 0 spiro atoms. The molecule has 1 aliphatic carbocycles. The number of amidine groups is 1. The Bertz CT molecular complexity index is 942. The maximum Gasteiger partial charge on any atom is 0.230 e. The highest BCUT2D eigenvalue weighted by atomic mass is 35.5. The lowest BCUT2D eigenvalue weighted by molar-refractivity contribution is -0.134. The Morgan fingerprint density at radius 1 is 1.34 bits per heavy atom. The van der Waals surface area contributed by atoms with E-state index < -0.39 is 11.7 Å². The van der Waals surface area contributed by atoms with Crippen LogP contribution in [0, 0.1) is 11.2 Å². The number of hydrogen-bond donors (Lipinski definition) is 3. The molecule has 1 saturated heterocycles. The highest BCUT2D eigenvalue weighted by Crippen LogP contribution is 2.42. The molecule has 4 rings (SSSR count). The van der Waals surface area contributed by atoms with E-state index in [1.54, 1.807) is 6.07 Å². The van der Waals surface area contributed by atoms with Crippen LogP contribution in [0.25, 0.3) is 0 Å². The zero-order valence-electron chi connectivity index (χ0n) is 18.6. The number of benzene rings is 1. The van der Waals surface area contributed by atoms with E-state index in [-0.39, 0.29) is 21.7 Å². The summed E-state index contributed by atoms with van der Waals surface area (Å²) in [5.41, 5.74) is 8.82. The van der Waals surface area contributed by atoms with Crippen LogP contribution < -0.4 is 11.1 Å². The summed E-state index contributed by atoms with van der Waals surface area (Å²) in [6.07, 6.45) is 2.28. The predicted octanol–water partition coefficient (Wildman–Crippen LogP) is 3.17. The van der Waals surface area contributed by atoms with Crippen LogP contribution in [0.4, 0.5) is 4.39 Å². The molecule has 174 valence electrons. The number of rotatable bonds is 6. The quantitative estimate of drug-likeness (QED) is 0.431. The van der Waals surface area contributed by atoms with Gasteiger partial charge in [0.1, 0.15) is 11.7 Å². The van der Waals surface area contributed by atoms with Crippen LogP contribution in [0.2, 0.25) is 5.02 Å². The van der Waals surface area contributed by atoms with Gasteiger partial charge in [-0.3, -0.25) is 10.2 Å². The molecule has 1 aromatic carbocycles. The first kappa shape index (κ1) is 23.4. The molecule has 2 heterocycles. The molecule has 2 aliphatic heterocycles. The fourth-order valence-corrected chi connectivity index (χ4v) is 5.80. The van der Waals surface area contributed by atoms with Crippen LogP contribution in [-0.4, -0.2) is 71.3 Å². The Labute approximate surface area is 198 Å². The topological polar surface area (TPSA) is 85.5 Å². The number of carbonyl (C=O) groups is 1. The predicted molar refractivity (Wildman–Crippen MR) is 129 cm³/mol. The number of carbonyl (C=O) groups excluding carboxylic acids is 1. The molecule has 1 aromatic rings. The highest BCUT2D eigenvalue weighted by molar-refractivity contribution is 8.00. The number of halogens is 2. The number of piperazine rings is 1. The van der Waals surface area contributed by atoms with Crippen molar-refractivity contribution in [1.29, 1.82) is 5.41 Å². The van der Waals surface area contributed by atoms with E-state index in [0.717, 1.165) is 29.9 Å². The van der Waals surface area contributed by atoms with E-state index in [0.29, 0.717) is 44.0 Å². The van der Waals surface area contributed by atoms with Crippen LogP contribution >= 0.6 is 23.4 Å². The monoisotopic (exact) mass is 479 g/mol. The minimum atomic E-state index is -0.515. The van der Waals surface area contributed by atoms with Crippen molar-refractivity contribution in [2.45, 2.75) is 42.9 Å². The highest BCUT2D eigenvalue weighted by Gasteiger charge is 2.43. The number of thioether (sulfide) groups is 1. The summed E-state index contributed by atoms with van der Waals surface area (Å²) >= 11 is 7.69. The summed E-state index contributed by atoms with van der Waals surface area (Å²) in [6.45, 7) is 4.43. The van der Waals surface area contributed by atoms with Gasteiger partial charge in [0, 0.05) is 61.0 Å². The molecule has 0 radical (unpaired) electrons. The summed E-state index contributed by atoms with van der Waals surface area (Å²) in [6, 6.07) is 4.61.